The number of hydrogen-bond acceptors (Lipinski definition) is 4. The monoisotopic (exact) mass is 145 g/mol. The molecule has 0 N–H and O–H groups in total. The minimum Gasteiger partial charge on any atom is -0.468 e. The summed E-state index contributed by atoms with van der Waals surface area (Å²) >= 11 is 0. The van der Waals surface area contributed by atoms with E-state index in [9.17, 15) is 4.79 Å². The molecule has 4 nitrogen and oxygen atoms in total. The maximum Gasteiger partial charge on any atom is 0.319 e. The van der Waals surface area contributed by atoms with Crippen molar-refractivity contribution in [1.82, 2.24) is 4.90 Å². The third kappa shape index (κ3) is 1.97. The highest BCUT2D eigenvalue weighted by Crippen LogP contribution is 1.97. The van der Waals surface area contributed by atoms with Gasteiger partial charge in [0.25, 0.3) is 0 Å². The highest BCUT2D eigenvalue weighted by Gasteiger charge is 2.14. The van der Waals surface area contributed by atoms with Crippen LogP contribution < -0.4 is 0 Å². The van der Waals surface area contributed by atoms with E-state index in [1.54, 1.807) is 0 Å². The molecule has 1 aliphatic rings. The van der Waals surface area contributed by atoms with Gasteiger partial charge in [-0.25, -0.2) is 0 Å². The van der Waals surface area contributed by atoms with Gasteiger partial charge in [0.2, 0.25) is 0 Å². The molecule has 58 valence electrons. The summed E-state index contributed by atoms with van der Waals surface area (Å²) in [6.45, 7) is 2.44. The van der Waals surface area contributed by atoms with E-state index in [2.05, 4.69) is 4.74 Å². The van der Waals surface area contributed by atoms with Crippen molar-refractivity contribution in [1.29, 1.82) is 0 Å². The lowest BCUT2D eigenvalue weighted by Gasteiger charge is -2.09. The van der Waals surface area contributed by atoms with Crippen LogP contribution in [0.2, 0.25) is 0 Å². The van der Waals surface area contributed by atoms with E-state index in [0.29, 0.717) is 13.3 Å². The molecule has 0 saturated carbocycles. The summed E-state index contributed by atoms with van der Waals surface area (Å²) in [5, 5.41) is 0. The van der Waals surface area contributed by atoms with E-state index in [1.807, 2.05) is 4.90 Å². The largest absolute Gasteiger partial charge is 0.468 e. The van der Waals surface area contributed by atoms with Gasteiger partial charge in [-0.1, -0.05) is 0 Å². The Labute approximate surface area is 59.7 Å². The summed E-state index contributed by atoms with van der Waals surface area (Å²) in [5.41, 5.74) is 0. The first kappa shape index (κ1) is 7.50. The maximum atomic E-state index is 10.6. The standard InChI is InChI=1S/C6H11NO3/c1-9-6(8)4-7-2-3-10-5-7/h2-5H2,1H3. The molecule has 0 radical (unpaired) electrons. The zero-order valence-corrected chi connectivity index (χ0v) is 6.00. The number of carbonyl (C=O) groups excluding carboxylic acids is 1. The first-order valence-electron chi connectivity index (χ1n) is 3.20. The van der Waals surface area contributed by atoms with Gasteiger partial charge in [-0.2, -0.15) is 0 Å². The van der Waals surface area contributed by atoms with E-state index in [-0.39, 0.29) is 5.97 Å². The number of methoxy groups -OCH3 is 1. The first-order valence-corrected chi connectivity index (χ1v) is 3.20. The van der Waals surface area contributed by atoms with Crippen LogP contribution in [0.5, 0.6) is 0 Å². The molecule has 0 unspecified atom stereocenters. The lowest BCUT2D eigenvalue weighted by atomic mass is 10.5. The highest BCUT2D eigenvalue weighted by molar-refractivity contribution is 5.71. The minimum atomic E-state index is -0.203. The normalized spacial score (nSPS) is 19.3. The van der Waals surface area contributed by atoms with Crippen molar-refractivity contribution in [3.63, 3.8) is 0 Å². The summed E-state index contributed by atoms with van der Waals surface area (Å²) in [7, 11) is 1.39. The van der Waals surface area contributed by atoms with Gasteiger partial charge in [0, 0.05) is 6.54 Å². The molecular weight excluding hydrogens is 134 g/mol. The molecule has 0 aliphatic carbocycles. The Morgan fingerprint density at radius 3 is 3.10 bits per heavy atom. The molecule has 0 amide bonds. The van der Waals surface area contributed by atoms with Crippen molar-refractivity contribution in [3.8, 4) is 0 Å². The summed E-state index contributed by atoms with van der Waals surface area (Å²) < 4.78 is 9.50. The molecule has 0 aromatic heterocycles. The molecule has 1 aliphatic heterocycles. The van der Waals surface area contributed by atoms with Crippen LogP contribution in [0.4, 0.5) is 0 Å². The summed E-state index contributed by atoms with van der Waals surface area (Å²) in [6.07, 6.45) is 0. The fraction of sp³-hybridized carbons (Fsp3) is 0.833. The Kier molecular flexibility index (Phi) is 2.65. The van der Waals surface area contributed by atoms with Gasteiger partial charge in [-0.15, -0.1) is 0 Å². The van der Waals surface area contributed by atoms with Crippen LogP contribution >= 0.6 is 0 Å². The van der Waals surface area contributed by atoms with Crippen LogP contribution in [-0.2, 0) is 14.3 Å². The van der Waals surface area contributed by atoms with Gasteiger partial charge in [-0.3, -0.25) is 9.69 Å². The Hall–Kier alpha value is -0.610. The van der Waals surface area contributed by atoms with E-state index in [1.165, 1.54) is 7.11 Å². The van der Waals surface area contributed by atoms with Crippen molar-refractivity contribution in [2.24, 2.45) is 0 Å². The van der Waals surface area contributed by atoms with Crippen molar-refractivity contribution in [3.05, 3.63) is 0 Å². The topological polar surface area (TPSA) is 38.8 Å². The van der Waals surface area contributed by atoms with Crippen LogP contribution in [0.25, 0.3) is 0 Å². The molecule has 0 atom stereocenters. The van der Waals surface area contributed by atoms with Gasteiger partial charge < -0.3 is 9.47 Å². The van der Waals surface area contributed by atoms with Crippen molar-refractivity contribution >= 4 is 5.97 Å². The third-order valence-corrected chi connectivity index (χ3v) is 1.41. The zero-order valence-electron chi connectivity index (χ0n) is 6.00. The van der Waals surface area contributed by atoms with E-state index in [0.717, 1.165) is 13.2 Å². The predicted molar refractivity (Wildman–Crippen MR) is 34.4 cm³/mol. The second-order valence-electron chi connectivity index (χ2n) is 2.17. The number of hydrogen-bond donors (Lipinski definition) is 0. The minimum absolute atomic E-state index is 0.203. The number of carbonyl (C=O) groups is 1. The fourth-order valence-corrected chi connectivity index (χ4v) is 0.824. The SMILES string of the molecule is COC(=O)CN1CCOC1. The Morgan fingerprint density at radius 2 is 2.60 bits per heavy atom. The summed E-state index contributed by atoms with van der Waals surface area (Å²) in [5.74, 6) is -0.203. The fourth-order valence-electron chi connectivity index (χ4n) is 0.824. The molecule has 1 fully saturated rings. The second-order valence-corrected chi connectivity index (χ2v) is 2.17. The second kappa shape index (κ2) is 3.53. The molecule has 1 rings (SSSR count). The molecule has 10 heavy (non-hydrogen) atoms. The van der Waals surface area contributed by atoms with Crippen molar-refractivity contribution < 1.29 is 14.3 Å². The van der Waals surface area contributed by atoms with Gasteiger partial charge in [0.15, 0.2) is 0 Å². The van der Waals surface area contributed by atoms with Crippen LogP contribution in [0, 0.1) is 0 Å². The van der Waals surface area contributed by atoms with Gasteiger partial charge >= 0.3 is 5.97 Å². The summed E-state index contributed by atoms with van der Waals surface area (Å²) in [6, 6.07) is 0. The van der Waals surface area contributed by atoms with Crippen LogP contribution in [0.15, 0.2) is 0 Å². The molecule has 1 heterocycles. The van der Waals surface area contributed by atoms with E-state index in [4.69, 9.17) is 4.74 Å². The number of nitrogens with zero attached hydrogens (tertiary/aromatic N) is 1. The molecular formula is C6H11NO3. The Morgan fingerprint density at radius 1 is 1.80 bits per heavy atom. The van der Waals surface area contributed by atoms with Crippen LogP contribution in [-0.4, -0.2) is 44.4 Å². The number of ether oxygens (including phenoxy) is 2. The molecule has 0 spiro atoms. The van der Waals surface area contributed by atoms with Gasteiger partial charge in [-0.05, 0) is 0 Å². The first-order chi connectivity index (χ1) is 4.83. The van der Waals surface area contributed by atoms with Crippen LogP contribution in [0.1, 0.15) is 0 Å². The smallest absolute Gasteiger partial charge is 0.319 e. The van der Waals surface area contributed by atoms with Crippen LogP contribution in [0.3, 0.4) is 0 Å². The average molecular weight is 145 g/mol. The zero-order chi connectivity index (χ0) is 7.40. The predicted octanol–water partition coefficient (Wildman–Crippen LogP) is -0.551. The molecule has 0 aromatic carbocycles. The Balaban J connectivity index is 2.17. The average Bonchev–Trinajstić information content (AvgIpc) is 2.40. The lowest BCUT2D eigenvalue weighted by Crippen LogP contribution is -2.27. The number of esters is 1. The lowest BCUT2D eigenvalue weighted by molar-refractivity contribution is -0.142. The van der Waals surface area contributed by atoms with E-state index >= 15 is 0 Å². The maximum absolute atomic E-state index is 10.6. The van der Waals surface area contributed by atoms with Gasteiger partial charge in [0.05, 0.1) is 27.0 Å². The summed E-state index contributed by atoms with van der Waals surface area (Å²) in [4.78, 5) is 12.5. The van der Waals surface area contributed by atoms with Crippen molar-refractivity contribution in [2.45, 2.75) is 0 Å². The molecule has 4 heteroatoms. The van der Waals surface area contributed by atoms with Crippen molar-refractivity contribution in [2.75, 3.05) is 33.5 Å². The molecule has 1 saturated heterocycles. The quantitative estimate of drug-likeness (QED) is 0.489. The highest BCUT2D eigenvalue weighted by atomic mass is 16.5. The number of rotatable bonds is 2. The molecule has 0 aromatic rings. The van der Waals surface area contributed by atoms with E-state index < -0.39 is 0 Å². The van der Waals surface area contributed by atoms with Gasteiger partial charge in [0.1, 0.15) is 0 Å². The Bertz CT molecular complexity index is 120. The third-order valence-electron chi connectivity index (χ3n) is 1.41. The molecule has 0 bridgehead atoms.